The molecule has 0 fully saturated rings. The smallest absolute Gasteiger partial charge is 0.258 e. The highest BCUT2D eigenvalue weighted by Crippen LogP contribution is 2.25. The SMILES string of the molecule is C=CCNc1ncc(C(=O)Nc2ccc(Cl)c(Cl)c2)cn1. The molecule has 0 bridgehead atoms. The van der Waals surface area contributed by atoms with Crippen molar-refractivity contribution in [3.8, 4) is 0 Å². The number of hydrogen-bond acceptors (Lipinski definition) is 4. The first-order valence-corrected chi connectivity index (χ1v) is 6.79. The van der Waals surface area contributed by atoms with Crippen LogP contribution in [0.15, 0.2) is 43.2 Å². The summed E-state index contributed by atoms with van der Waals surface area (Å²) in [4.78, 5) is 20.1. The highest BCUT2D eigenvalue weighted by atomic mass is 35.5. The molecule has 1 aromatic carbocycles. The first-order chi connectivity index (χ1) is 10.1. The van der Waals surface area contributed by atoms with Crippen LogP contribution >= 0.6 is 23.2 Å². The number of carbonyl (C=O) groups excluding carboxylic acids is 1. The van der Waals surface area contributed by atoms with Crippen LogP contribution in [0.2, 0.25) is 10.0 Å². The van der Waals surface area contributed by atoms with E-state index in [2.05, 4.69) is 27.2 Å². The van der Waals surface area contributed by atoms with Gasteiger partial charge in [-0.15, -0.1) is 6.58 Å². The molecule has 0 aliphatic rings. The van der Waals surface area contributed by atoms with Crippen LogP contribution in [-0.4, -0.2) is 22.4 Å². The van der Waals surface area contributed by atoms with Crippen molar-refractivity contribution < 1.29 is 4.79 Å². The number of amides is 1. The standard InChI is InChI=1S/C14H12Cl2N4O/c1-2-5-17-14-18-7-9(8-19-14)13(21)20-10-3-4-11(15)12(16)6-10/h2-4,6-8H,1,5H2,(H,20,21)(H,17,18,19). The molecule has 0 unspecified atom stereocenters. The Morgan fingerprint density at radius 1 is 1.24 bits per heavy atom. The van der Waals surface area contributed by atoms with Gasteiger partial charge in [0.25, 0.3) is 5.91 Å². The predicted octanol–water partition coefficient (Wildman–Crippen LogP) is 3.63. The zero-order valence-electron chi connectivity index (χ0n) is 10.9. The molecule has 0 aliphatic carbocycles. The zero-order chi connectivity index (χ0) is 15.2. The Bertz CT molecular complexity index is 659. The fourth-order valence-corrected chi connectivity index (χ4v) is 1.78. The Morgan fingerprint density at radius 3 is 2.57 bits per heavy atom. The monoisotopic (exact) mass is 322 g/mol. The highest BCUT2D eigenvalue weighted by Gasteiger charge is 2.08. The maximum absolute atomic E-state index is 12.0. The van der Waals surface area contributed by atoms with Crippen LogP contribution in [0, 0.1) is 0 Å². The normalized spacial score (nSPS) is 10.0. The average molecular weight is 323 g/mol. The zero-order valence-corrected chi connectivity index (χ0v) is 12.4. The third-order valence-corrected chi connectivity index (χ3v) is 3.24. The topological polar surface area (TPSA) is 66.9 Å². The van der Waals surface area contributed by atoms with Gasteiger partial charge in [0, 0.05) is 24.6 Å². The van der Waals surface area contributed by atoms with Crippen molar-refractivity contribution in [2.45, 2.75) is 0 Å². The summed E-state index contributed by atoms with van der Waals surface area (Å²) in [5, 5.41) is 6.41. The van der Waals surface area contributed by atoms with Crippen molar-refractivity contribution >= 4 is 40.7 Å². The largest absolute Gasteiger partial charge is 0.351 e. The van der Waals surface area contributed by atoms with Crippen LogP contribution < -0.4 is 10.6 Å². The van der Waals surface area contributed by atoms with Crippen LogP contribution in [0.1, 0.15) is 10.4 Å². The molecule has 2 N–H and O–H groups in total. The summed E-state index contributed by atoms with van der Waals surface area (Å²) in [5.41, 5.74) is 0.883. The van der Waals surface area contributed by atoms with Crippen LogP contribution in [0.25, 0.3) is 0 Å². The Hall–Kier alpha value is -2.11. The van der Waals surface area contributed by atoms with Gasteiger partial charge in [0.15, 0.2) is 0 Å². The van der Waals surface area contributed by atoms with Crippen molar-refractivity contribution in [1.29, 1.82) is 0 Å². The maximum atomic E-state index is 12.0. The van der Waals surface area contributed by atoms with Crippen molar-refractivity contribution in [2.24, 2.45) is 0 Å². The van der Waals surface area contributed by atoms with E-state index in [1.54, 1.807) is 24.3 Å². The first kappa shape index (κ1) is 15.3. The van der Waals surface area contributed by atoms with E-state index in [1.807, 2.05) is 0 Å². The quantitative estimate of drug-likeness (QED) is 0.825. The second kappa shape index (κ2) is 7.06. The molecular formula is C14H12Cl2N4O. The van der Waals surface area contributed by atoms with E-state index in [1.165, 1.54) is 12.4 Å². The van der Waals surface area contributed by atoms with Gasteiger partial charge in [0.1, 0.15) is 0 Å². The van der Waals surface area contributed by atoms with Gasteiger partial charge in [-0.25, -0.2) is 9.97 Å². The van der Waals surface area contributed by atoms with Gasteiger partial charge in [0.2, 0.25) is 5.95 Å². The number of rotatable bonds is 5. The van der Waals surface area contributed by atoms with E-state index in [9.17, 15) is 4.79 Å². The Morgan fingerprint density at radius 2 is 1.95 bits per heavy atom. The van der Waals surface area contributed by atoms with Gasteiger partial charge >= 0.3 is 0 Å². The molecule has 1 heterocycles. The molecule has 108 valence electrons. The molecule has 1 aromatic heterocycles. The molecule has 0 atom stereocenters. The molecule has 5 nitrogen and oxygen atoms in total. The molecule has 0 aliphatic heterocycles. The van der Waals surface area contributed by atoms with Gasteiger partial charge in [-0.2, -0.15) is 0 Å². The van der Waals surface area contributed by atoms with Crippen LogP contribution in [0.4, 0.5) is 11.6 Å². The Balaban J connectivity index is 2.05. The third kappa shape index (κ3) is 4.18. The second-order valence-corrected chi connectivity index (χ2v) is 4.86. The second-order valence-electron chi connectivity index (χ2n) is 4.05. The molecule has 0 saturated carbocycles. The summed E-state index contributed by atoms with van der Waals surface area (Å²) >= 11 is 11.7. The minimum Gasteiger partial charge on any atom is -0.351 e. The van der Waals surface area contributed by atoms with Gasteiger partial charge < -0.3 is 10.6 Å². The van der Waals surface area contributed by atoms with E-state index < -0.39 is 0 Å². The lowest BCUT2D eigenvalue weighted by atomic mass is 10.3. The number of hydrogen-bond donors (Lipinski definition) is 2. The first-order valence-electron chi connectivity index (χ1n) is 6.03. The van der Waals surface area contributed by atoms with E-state index in [-0.39, 0.29) is 5.91 Å². The number of nitrogens with one attached hydrogen (secondary N) is 2. The lowest BCUT2D eigenvalue weighted by Gasteiger charge is -2.06. The number of halogens is 2. The van der Waals surface area contributed by atoms with Gasteiger partial charge in [-0.1, -0.05) is 29.3 Å². The molecule has 1 amide bonds. The molecule has 2 aromatic rings. The minimum absolute atomic E-state index is 0.330. The Labute approximate surface area is 132 Å². The molecule has 2 rings (SSSR count). The average Bonchev–Trinajstić information content (AvgIpc) is 2.49. The van der Waals surface area contributed by atoms with E-state index in [0.717, 1.165) is 0 Å². The maximum Gasteiger partial charge on any atom is 0.258 e. The lowest BCUT2D eigenvalue weighted by molar-refractivity contribution is 0.102. The molecule has 7 heteroatoms. The van der Waals surface area contributed by atoms with Gasteiger partial charge in [0.05, 0.1) is 15.6 Å². The van der Waals surface area contributed by atoms with Crippen LogP contribution in [-0.2, 0) is 0 Å². The molecule has 21 heavy (non-hydrogen) atoms. The van der Waals surface area contributed by atoms with E-state index in [4.69, 9.17) is 23.2 Å². The molecule has 0 saturated heterocycles. The lowest BCUT2D eigenvalue weighted by Crippen LogP contribution is -2.13. The Kier molecular flexibility index (Phi) is 5.14. The number of nitrogens with zero attached hydrogens (tertiary/aromatic N) is 2. The van der Waals surface area contributed by atoms with Crippen molar-refractivity contribution in [3.63, 3.8) is 0 Å². The number of carbonyl (C=O) groups is 1. The fraction of sp³-hybridized carbons (Fsp3) is 0.0714. The van der Waals surface area contributed by atoms with E-state index in [0.29, 0.717) is 33.8 Å². The van der Waals surface area contributed by atoms with Gasteiger partial charge in [-0.05, 0) is 18.2 Å². The molecule has 0 spiro atoms. The minimum atomic E-state index is -0.330. The highest BCUT2D eigenvalue weighted by molar-refractivity contribution is 6.42. The number of benzene rings is 1. The summed E-state index contributed by atoms with van der Waals surface area (Å²) in [7, 11) is 0. The van der Waals surface area contributed by atoms with Crippen LogP contribution in [0.3, 0.4) is 0 Å². The van der Waals surface area contributed by atoms with Crippen molar-refractivity contribution in [3.05, 3.63) is 58.9 Å². The van der Waals surface area contributed by atoms with Crippen molar-refractivity contribution in [2.75, 3.05) is 17.2 Å². The van der Waals surface area contributed by atoms with Crippen molar-refractivity contribution in [1.82, 2.24) is 9.97 Å². The molecular weight excluding hydrogens is 311 g/mol. The number of aromatic nitrogens is 2. The summed E-state index contributed by atoms with van der Waals surface area (Å²) < 4.78 is 0. The predicted molar refractivity (Wildman–Crippen MR) is 85.1 cm³/mol. The molecule has 0 radical (unpaired) electrons. The van der Waals surface area contributed by atoms with Crippen LogP contribution in [0.5, 0.6) is 0 Å². The third-order valence-electron chi connectivity index (χ3n) is 2.50. The summed E-state index contributed by atoms with van der Waals surface area (Å²) in [6.45, 7) is 4.13. The summed E-state index contributed by atoms with van der Waals surface area (Å²) in [6, 6.07) is 4.84. The van der Waals surface area contributed by atoms with E-state index >= 15 is 0 Å². The number of anilines is 2. The van der Waals surface area contributed by atoms with Gasteiger partial charge in [-0.3, -0.25) is 4.79 Å². The fourth-order valence-electron chi connectivity index (χ4n) is 1.48. The summed E-state index contributed by atoms with van der Waals surface area (Å²) in [5.74, 6) is 0.102. The summed E-state index contributed by atoms with van der Waals surface area (Å²) in [6.07, 6.45) is 4.56.